The Hall–Kier alpha value is -2.94. The number of ether oxygens (including phenoxy) is 1. The molecule has 9 heteroatoms. The Morgan fingerprint density at radius 1 is 1.24 bits per heavy atom. The second-order valence-corrected chi connectivity index (χ2v) is 8.17. The molecule has 2 N–H and O–H groups in total. The van der Waals surface area contributed by atoms with Crippen molar-refractivity contribution in [2.45, 2.75) is 32.2 Å². The van der Waals surface area contributed by atoms with E-state index < -0.39 is 11.6 Å². The lowest BCUT2D eigenvalue weighted by molar-refractivity contribution is -0.125. The third-order valence-corrected chi connectivity index (χ3v) is 6.52. The monoisotopic (exact) mass is 414 g/mol. The SMILES string of the molecule is CCOc1ccc(-c2nc(C)c(C(=O)N3CCC4(CC3)NC(=O)NC4=O)s2)cc1. The molecule has 2 fully saturated rings. The highest BCUT2D eigenvalue weighted by molar-refractivity contribution is 7.17. The quantitative estimate of drug-likeness (QED) is 0.748. The number of benzene rings is 1. The Morgan fingerprint density at radius 2 is 1.93 bits per heavy atom. The predicted octanol–water partition coefficient (Wildman–Crippen LogP) is 2.33. The summed E-state index contributed by atoms with van der Waals surface area (Å²) >= 11 is 1.37. The fraction of sp³-hybridized carbons (Fsp3) is 0.400. The van der Waals surface area contributed by atoms with Crippen LogP contribution in [0.2, 0.25) is 0 Å². The maximum atomic E-state index is 13.0. The molecule has 3 heterocycles. The van der Waals surface area contributed by atoms with Crippen LogP contribution in [-0.2, 0) is 4.79 Å². The number of imide groups is 1. The summed E-state index contributed by atoms with van der Waals surface area (Å²) in [5.41, 5.74) is 0.740. The van der Waals surface area contributed by atoms with Crippen LogP contribution >= 0.6 is 11.3 Å². The van der Waals surface area contributed by atoms with Crippen LogP contribution in [0.15, 0.2) is 24.3 Å². The zero-order chi connectivity index (χ0) is 20.6. The first-order valence-corrected chi connectivity index (χ1v) is 10.4. The molecule has 0 aliphatic carbocycles. The molecule has 0 atom stereocenters. The van der Waals surface area contributed by atoms with Crippen molar-refractivity contribution in [2.75, 3.05) is 19.7 Å². The molecular formula is C20H22N4O4S. The third-order valence-electron chi connectivity index (χ3n) is 5.32. The number of nitrogens with one attached hydrogen (secondary N) is 2. The van der Waals surface area contributed by atoms with Gasteiger partial charge in [-0.1, -0.05) is 0 Å². The molecule has 29 heavy (non-hydrogen) atoms. The van der Waals surface area contributed by atoms with Gasteiger partial charge in [0.1, 0.15) is 21.2 Å². The van der Waals surface area contributed by atoms with Gasteiger partial charge in [-0.25, -0.2) is 9.78 Å². The minimum Gasteiger partial charge on any atom is -0.494 e. The van der Waals surface area contributed by atoms with E-state index in [2.05, 4.69) is 15.6 Å². The van der Waals surface area contributed by atoms with Crippen LogP contribution in [0.25, 0.3) is 10.6 Å². The molecule has 0 unspecified atom stereocenters. The number of aryl methyl sites for hydroxylation is 1. The molecule has 8 nitrogen and oxygen atoms in total. The number of carbonyl (C=O) groups is 3. The summed E-state index contributed by atoms with van der Waals surface area (Å²) in [6.07, 6.45) is 0.805. The van der Waals surface area contributed by atoms with E-state index >= 15 is 0 Å². The van der Waals surface area contributed by atoms with Gasteiger partial charge in [0.2, 0.25) is 0 Å². The van der Waals surface area contributed by atoms with E-state index in [1.54, 1.807) is 4.90 Å². The Labute approximate surface area is 172 Å². The van der Waals surface area contributed by atoms with Crippen molar-refractivity contribution in [3.8, 4) is 16.3 Å². The van der Waals surface area contributed by atoms with E-state index in [4.69, 9.17) is 4.74 Å². The lowest BCUT2D eigenvalue weighted by atomic mass is 9.87. The first-order valence-electron chi connectivity index (χ1n) is 9.55. The molecule has 2 aliphatic heterocycles. The first-order chi connectivity index (χ1) is 13.9. The Kier molecular flexibility index (Phi) is 4.99. The molecule has 2 aromatic rings. The summed E-state index contributed by atoms with van der Waals surface area (Å²) in [4.78, 5) is 43.5. The number of thiazole rings is 1. The van der Waals surface area contributed by atoms with Crippen molar-refractivity contribution in [1.29, 1.82) is 0 Å². The van der Waals surface area contributed by atoms with E-state index in [0.717, 1.165) is 16.3 Å². The summed E-state index contributed by atoms with van der Waals surface area (Å²) in [6, 6.07) is 7.19. The number of piperidine rings is 1. The summed E-state index contributed by atoms with van der Waals surface area (Å²) in [7, 11) is 0. The van der Waals surface area contributed by atoms with Crippen molar-refractivity contribution in [3.05, 3.63) is 34.8 Å². The lowest BCUT2D eigenvalue weighted by Crippen LogP contribution is -2.55. The molecule has 1 spiro atoms. The molecule has 4 rings (SSSR count). The van der Waals surface area contributed by atoms with Crippen LogP contribution in [0, 0.1) is 6.92 Å². The summed E-state index contributed by atoms with van der Waals surface area (Å²) in [5, 5.41) is 5.78. The highest BCUT2D eigenvalue weighted by Gasteiger charge is 2.48. The van der Waals surface area contributed by atoms with Gasteiger partial charge in [0.05, 0.1) is 12.3 Å². The van der Waals surface area contributed by atoms with E-state index in [0.29, 0.717) is 43.1 Å². The molecule has 0 bridgehead atoms. The fourth-order valence-electron chi connectivity index (χ4n) is 3.69. The lowest BCUT2D eigenvalue weighted by Gasteiger charge is -2.36. The molecule has 2 saturated heterocycles. The number of rotatable bonds is 4. The van der Waals surface area contributed by atoms with Gasteiger partial charge < -0.3 is 15.0 Å². The number of urea groups is 1. The number of carbonyl (C=O) groups excluding carboxylic acids is 3. The number of amides is 4. The molecule has 0 saturated carbocycles. The summed E-state index contributed by atoms with van der Waals surface area (Å²) in [6.45, 7) is 5.19. The second-order valence-electron chi connectivity index (χ2n) is 7.17. The zero-order valence-electron chi connectivity index (χ0n) is 16.3. The van der Waals surface area contributed by atoms with Crippen LogP contribution < -0.4 is 15.4 Å². The van der Waals surface area contributed by atoms with Gasteiger partial charge in [0.15, 0.2) is 0 Å². The molecule has 1 aromatic heterocycles. The van der Waals surface area contributed by atoms with Gasteiger partial charge in [-0.2, -0.15) is 0 Å². The first kappa shape index (κ1) is 19.4. The largest absolute Gasteiger partial charge is 0.494 e. The van der Waals surface area contributed by atoms with Crippen LogP contribution in [0.1, 0.15) is 35.1 Å². The van der Waals surface area contributed by atoms with Crippen LogP contribution in [0.5, 0.6) is 5.75 Å². The summed E-state index contributed by atoms with van der Waals surface area (Å²) < 4.78 is 5.46. The normalized spacial score (nSPS) is 17.9. The number of aromatic nitrogens is 1. The Morgan fingerprint density at radius 3 is 2.52 bits per heavy atom. The molecule has 0 radical (unpaired) electrons. The topological polar surface area (TPSA) is 101 Å². The third kappa shape index (κ3) is 3.57. The maximum absolute atomic E-state index is 13.0. The van der Waals surface area contributed by atoms with Crippen LogP contribution in [0.4, 0.5) is 4.79 Å². The van der Waals surface area contributed by atoms with E-state index in [1.807, 2.05) is 38.1 Å². The van der Waals surface area contributed by atoms with Crippen molar-refractivity contribution >= 4 is 29.2 Å². The number of nitrogens with zero attached hydrogens (tertiary/aromatic N) is 2. The highest BCUT2D eigenvalue weighted by Crippen LogP contribution is 2.32. The van der Waals surface area contributed by atoms with Crippen LogP contribution in [0.3, 0.4) is 0 Å². The fourth-order valence-corrected chi connectivity index (χ4v) is 4.73. The van der Waals surface area contributed by atoms with Gasteiger partial charge in [0.25, 0.3) is 11.8 Å². The zero-order valence-corrected chi connectivity index (χ0v) is 17.1. The van der Waals surface area contributed by atoms with Gasteiger partial charge in [-0.3, -0.25) is 14.9 Å². The number of hydrogen-bond acceptors (Lipinski definition) is 6. The van der Waals surface area contributed by atoms with Crippen molar-refractivity contribution in [2.24, 2.45) is 0 Å². The van der Waals surface area contributed by atoms with Gasteiger partial charge in [0, 0.05) is 18.7 Å². The number of likely N-dealkylation sites (tertiary alicyclic amines) is 1. The van der Waals surface area contributed by atoms with Gasteiger partial charge in [-0.15, -0.1) is 11.3 Å². The number of hydrogen-bond donors (Lipinski definition) is 2. The average molecular weight is 414 g/mol. The molecule has 1 aromatic carbocycles. The van der Waals surface area contributed by atoms with E-state index in [-0.39, 0.29) is 11.8 Å². The average Bonchev–Trinajstić information content (AvgIpc) is 3.22. The summed E-state index contributed by atoms with van der Waals surface area (Å²) in [5.74, 6) is 0.407. The van der Waals surface area contributed by atoms with Crippen molar-refractivity contribution in [1.82, 2.24) is 20.5 Å². The van der Waals surface area contributed by atoms with E-state index in [1.165, 1.54) is 11.3 Å². The minimum atomic E-state index is -0.885. The minimum absolute atomic E-state index is 0.0863. The molecule has 2 aliphatic rings. The van der Waals surface area contributed by atoms with Crippen LogP contribution in [-0.4, -0.2) is 53.0 Å². The second kappa shape index (κ2) is 7.47. The molecule has 4 amide bonds. The Balaban J connectivity index is 1.47. The Bertz CT molecular complexity index is 961. The van der Waals surface area contributed by atoms with Crippen molar-refractivity contribution in [3.63, 3.8) is 0 Å². The van der Waals surface area contributed by atoms with Crippen molar-refractivity contribution < 1.29 is 19.1 Å². The highest BCUT2D eigenvalue weighted by atomic mass is 32.1. The molecular weight excluding hydrogens is 392 g/mol. The predicted molar refractivity (Wildman–Crippen MR) is 108 cm³/mol. The van der Waals surface area contributed by atoms with Gasteiger partial charge >= 0.3 is 6.03 Å². The van der Waals surface area contributed by atoms with Gasteiger partial charge in [-0.05, 0) is 51.0 Å². The maximum Gasteiger partial charge on any atom is 0.322 e. The van der Waals surface area contributed by atoms with E-state index in [9.17, 15) is 14.4 Å². The smallest absolute Gasteiger partial charge is 0.322 e. The molecule has 152 valence electrons. The standard InChI is InChI=1S/C20H22N4O4S/c1-3-28-14-6-4-13(5-7-14)16-21-12(2)15(29-16)17(25)24-10-8-20(9-11-24)18(26)22-19(27)23-20/h4-7H,3,8-11H2,1-2H3,(H2,22,23,26,27).